The van der Waals surface area contributed by atoms with Crippen LogP contribution in [0.3, 0.4) is 0 Å². The third-order valence-corrected chi connectivity index (χ3v) is 5.10. The second-order valence-corrected chi connectivity index (χ2v) is 7.35. The first-order chi connectivity index (χ1) is 12.1. The highest BCUT2D eigenvalue weighted by Crippen LogP contribution is 2.22. The molecule has 0 saturated heterocycles. The van der Waals surface area contributed by atoms with Crippen LogP contribution in [-0.2, 0) is 6.54 Å². The average Bonchev–Trinajstić information content (AvgIpc) is 2.90. The molecule has 2 aromatic heterocycles. The van der Waals surface area contributed by atoms with Crippen LogP contribution < -0.4 is 11.4 Å². The maximum absolute atomic E-state index is 12.3. The summed E-state index contributed by atoms with van der Waals surface area (Å²) in [6.45, 7) is 0.378. The van der Waals surface area contributed by atoms with E-state index in [0.717, 1.165) is 24.2 Å². The van der Waals surface area contributed by atoms with Crippen molar-refractivity contribution < 1.29 is 0 Å². The fraction of sp³-hybridized carbons (Fsp3) is 0.312. The molecule has 0 spiro atoms. The number of thioether (sulfide) groups is 1. The minimum atomic E-state index is -0.268. The standard InChI is InChI=1S/C16H17Cl2N5OS/c17-7-1-2-8-25-15-21-13(19)12-14(22-15)23(16(24)20-12)9-10-3-5-11(18)6-4-10/h3-6H,1-2,7-9H2,(H,20,24)(H2,19,21,22). The molecule has 0 aliphatic rings. The molecule has 1 aromatic carbocycles. The number of imidazole rings is 1. The molecule has 0 fully saturated rings. The maximum Gasteiger partial charge on any atom is 0.328 e. The van der Waals surface area contributed by atoms with Crippen LogP contribution in [0.4, 0.5) is 5.82 Å². The summed E-state index contributed by atoms with van der Waals surface area (Å²) in [6.07, 6.45) is 1.91. The number of nitrogens with zero attached hydrogens (tertiary/aromatic N) is 3. The number of nitrogens with one attached hydrogen (secondary N) is 1. The van der Waals surface area contributed by atoms with Gasteiger partial charge < -0.3 is 10.7 Å². The first-order valence-corrected chi connectivity index (χ1v) is 9.67. The minimum absolute atomic E-state index is 0.268. The van der Waals surface area contributed by atoms with Crippen molar-refractivity contribution in [3.63, 3.8) is 0 Å². The molecule has 0 aliphatic carbocycles. The number of H-pyrrole nitrogens is 1. The van der Waals surface area contributed by atoms with Gasteiger partial charge in [-0.25, -0.2) is 14.8 Å². The lowest BCUT2D eigenvalue weighted by Gasteiger charge is -2.06. The maximum atomic E-state index is 12.3. The van der Waals surface area contributed by atoms with E-state index in [-0.39, 0.29) is 11.5 Å². The minimum Gasteiger partial charge on any atom is -0.382 e. The Bertz CT molecular complexity index is 923. The number of aromatic amines is 1. The summed E-state index contributed by atoms with van der Waals surface area (Å²) < 4.78 is 1.55. The van der Waals surface area contributed by atoms with E-state index in [9.17, 15) is 4.79 Å². The van der Waals surface area contributed by atoms with Crippen molar-refractivity contribution in [3.8, 4) is 0 Å². The van der Waals surface area contributed by atoms with Gasteiger partial charge >= 0.3 is 5.69 Å². The Morgan fingerprint density at radius 3 is 2.68 bits per heavy atom. The Hall–Kier alpha value is -1.70. The topological polar surface area (TPSA) is 89.6 Å². The number of nitrogens with two attached hydrogens (primary N) is 1. The molecule has 0 unspecified atom stereocenters. The molecule has 9 heteroatoms. The third-order valence-electron chi connectivity index (χ3n) is 3.64. The molecular weight excluding hydrogens is 381 g/mol. The second kappa shape index (κ2) is 8.12. The van der Waals surface area contributed by atoms with Crippen molar-refractivity contribution in [1.82, 2.24) is 19.5 Å². The Labute approximate surface area is 158 Å². The van der Waals surface area contributed by atoms with Gasteiger partial charge in [-0.3, -0.25) is 4.57 Å². The van der Waals surface area contributed by atoms with Gasteiger partial charge in [0.25, 0.3) is 0 Å². The van der Waals surface area contributed by atoms with Crippen LogP contribution in [-0.4, -0.2) is 31.2 Å². The summed E-state index contributed by atoms with van der Waals surface area (Å²) in [4.78, 5) is 23.8. The van der Waals surface area contributed by atoms with E-state index < -0.39 is 0 Å². The fourth-order valence-electron chi connectivity index (χ4n) is 2.37. The van der Waals surface area contributed by atoms with Crippen LogP contribution in [0.25, 0.3) is 11.2 Å². The van der Waals surface area contributed by atoms with Gasteiger partial charge in [0, 0.05) is 16.7 Å². The SMILES string of the molecule is Nc1nc(SCCCCCl)nc2c1[nH]c(=O)n2Cc1ccc(Cl)cc1. The molecular formula is C16H17Cl2N5OS. The quantitative estimate of drug-likeness (QED) is 0.275. The van der Waals surface area contributed by atoms with Crippen LogP contribution >= 0.6 is 35.0 Å². The molecule has 132 valence electrons. The van der Waals surface area contributed by atoms with Crippen LogP contribution in [0.5, 0.6) is 0 Å². The highest BCUT2D eigenvalue weighted by atomic mass is 35.5. The van der Waals surface area contributed by atoms with E-state index in [1.54, 1.807) is 16.7 Å². The zero-order valence-electron chi connectivity index (χ0n) is 13.3. The Morgan fingerprint density at radius 2 is 1.96 bits per heavy atom. The zero-order valence-corrected chi connectivity index (χ0v) is 15.7. The molecule has 0 bridgehead atoms. The van der Waals surface area contributed by atoms with E-state index in [1.807, 2.05) is 12.1 Å². The fourth-order valence-corrected chi connectivity index (χ4v) is 3.53. The number of unbranched alkanes of at least 4 members (excludes halogenated alkanes) is 1. The van der Waals surface area contributed by atoms with Gasteiger partial charge in [-0.1, -0.05) is 35.5 Å². The molecule has 0 aliphatic heterocycles. The first-order valence-electron chi connectivity index (χ1n) is 7.77. The van der Waals surface area contributed by atoms with Gasteiger partial charge in [0.2, 0.25) is 0 Å². The first kappa shape index (κ1) is 18.1. The number of benzene rings is 1. The Morgan fingerprint density at radius 1 is 1.20 bits per heavy atom. The number of fused-ring (bicyclic) bond motifs is 1. The van der Waals surface area contributed by atoms with Crippen molar-refractivity contribution in [2.45, 2.75) is 24.5 Å². The van der Waals surface area contributed by atoms with Crippen LogP contribution in [0.1, 0.15) is 18.4 Å². The molecule has 0 radical (unpaired) electrons. The molecule has 0 amide bonds. The number of hydrogen-bond acceptors (Lipinski definition) is 5. The summed E-state index contributed by atoms with van der Waals surface area (Å²) in [5, 5.41) is 1.21. The van der Waals surface area contributed by atoms with Gasteiger partial charge in [-0.2, -0.15) is 0 Å². The largest absolute Gasteiger partial charge is 0.382 e. The molecule has 3 aromatic rings. The zero-order chi connectivity index (χ0) is 17.8. The van der Waals surface area contributed by atoms with Crippen molar-refractivity contribution in [1.29, 1.82) is 0 Å². The normalized spacial score (nSPS) is 11.3. The number of hydrogen-bond donors (Lipinski definition) is 2. The number of nitrogen functional groups attached to an aromatic ring is 1. The lowest BCUT2D eigenvalue weighted by molar-refractivity contribution is 0.771. The molecule has 6 nitrogen and oxygen atoms in total. The molecule has 2 heterocycles. The molecule has 25 heavy (non-hydrogen) atoms. The molecule has 3 rings (SSSR count). The Balaban J connectivity index is 1.91. The van der Waals surface area contributed by atoms with E-state index >= 15 is 0 Å². The molecule has 3 N–H and O–H groups in total. The number of alkyl halides is 1. The number of aromatic nitrogens is 4. The predicted molar refractivity (Wildman–Crippen MR) is 104 cm³/mol. The van der Waals surface area contributed by atoms with Gasteiger partial charge in [-0.05, 0) is 30.5 Å². The van der Waals surface area contributed by atoms with Crippen molar-refractivity contribution in [3.05, 3.63) is 45.3 Å². The van der Waals surface area contributed by atoms with Gasteiger partial charge in [0.15, 0.2) is 16.6 Å². The highest BCUT2D eigenvalue weighted by Gasteiger charge is 2.14. The van der Waals surface area contributed by atoms with Crippen molar-refractivity contribution >= 4 is 51.9 Å². The van der Waals surface area contributed by atoms with E-state index in [0.29, 0.717) is 33.8 Å². The van der Waals surface area contributed by atoms with Gasteiger partial charge in [-0.15, -0.1) is 11.6 Å². The third kappa shape index (κ3) is 4.29. The summed E-state index contributed by atoms with van der Waals surface area (Å²) in [5.74, 6) is 1.77. The van der Waals surface area contributed by atoms with E-state index in [1.165, 1.54) is 11.8 Å². The van der Waals surface area contributed by atoms with Crippen LogP contribution in [0, 0.1) is 0 Å². The summed E-state index contributed by atoms with van der Waals surface area (Å²) in [7, 11) is 0. The number of halogens is 2. The van der Waals surface area contributed by atoms with Crippen molar-refractivity contribution in [2.75, 3.05) is 17.4 Å². The summed E-state index contributed by atoms with van der Waals surface area (Å²) in [5.41, 5.74) is 7.64. The van der Waals surface area contributed by atoms with E-state index in [4.69, 9.17) is 28.9 Å². The second-order valence-electron chi connectivity index (χ2n) is 5.48. The number of anilines is 1. The lowest BCUT2D eigenvalue weighted by Crippen LogP contribution is -2.17. The lowest BCUT2D eigenvalue weighted by atomic mass is 10.2. The van der Waals surface area contributed by atoms with Gasteiger partial charge in [0.05, 0.1) is 6.54 Å². The van der Waals surface area contributed by atoms with Gasteiger partial charge in [0.1, 0.15) is 5.52 Å². The monoisotopic (exact) mass is 397 g/mol. The average molecular weight is 398 g/mol. The number of rotatable bonds is 7. The molecule has 0 saturated carbocycles. The van der Waals surface area contributed by atoms with Crippen LogP contribution in [0.15, 0.2) is 34.2 Å². The van der Waals surface area contributed by atoms with Crippen molar-refractivity contribution in [2.24, 2.45) is 0 Å². The highest BCUT2D eigenvalue weighted by molar-refractivity contribution is 7.99. The Kier molecular flexibility index (Phi) is 5.88. The summed E-state index contributed by atoms with van der Waals surface area (Å²) >= 11 is 13.1. The predicted octanol–water partition coefficient (Wildman–Crippen LogP) is 3.51. The van der Waals surface area contributed by atoms with E-state index in [2.05, 4.69) is 15.0 Å². The smallest absolute Gasteiger partial charge is 0.328 e. The molecule has 0 atom stereocenters. The summed E-state index contributed by atoms with van der Waals surface area (Å²) in [6, 6.07) is 7.33. The van der Waals surface area contributed by atoms with Crippen LogP contribution in [0.2, 0.25) is 5.02 Å².